The molecular weight excluding hydrogens is 200 g/mol. The molecule has 1 atom stereocenters. The fraction of sp³-hybridized carbons (Fsp3) is 0.250. The second kappa shape index (κ2) is 3.64. The van der Waals surface area contributed by atoms with Crippen molar-refractivity contribution < 1.29 is 0 Å². The molecule has 4 heteroatoms. The highest BCUT2D eigenvalue weighted by Gasteiger charge is 2.21. The number of allylic oxidation sites excluding steroid dienone is 2. The van der Waals surface area contributed by atoms with E-state index in [1.165, 1.54) is 11.1 Å². The molecule has 0 amide bonds. The van der Waals surface area contributed by atoms with Gasteiger partial charge in [0.1, 0.15) is 0 Å². The van der Waals surface area contributed by atoms with Crippen molar-refractivity contribution in [1.29, 1.82) is 0 Å². The van der Waals surface area contributed by atoms with Crippen molar-refractivity contribution in [3.8, 4) is 0 Å². The standard InChI is InChI=1S/C12H14N4/c1-8-3-2-4-10-12(8)16-11(7-13-10)9-5-14-15-6-9/h2-5,7,10,13-15H,6H2,1H3. The van der Waals surface area contributed by atoms with E-state index in [9.17, 15) is 0 Å². The molecule has 3 rings (SSSR count). The van der Waals surface area contributed by atoms with Crippen LogP contribution in [0.1, 0.15) is 6.92 Å². The quantitative estimate of drug-likeness (QED) is 0.603. The summed E-state index contributed by atoms with van der Waals surface area (Å²) < 4.78 is 0. The molecule has 1 aliphatic carbocycles. The number of fused-ring (bicyclic) bond motifs is 1. The zero-order chi connectivity index (χ0) is 11.0. The van der Waals surface area contributed by atoms with Gasteiger partial charge in [-0.1, -0.05) is 18.2 Å². The summed E-state index contributed by atoms with van der Waals surface area (Å²) in [5.41, 5.74) is 10.6. The average molecular weight is 214 g/mol. The maximum absolute atomic E-state index is 4.71. The van der Waals surface area contributed by atoms with Crippen LogP contribution in [0, 0.1) is 0 Å². The number of nitrogens with one attached hydrogen (secondary N) is 3. The first kappa shape index (κ1) is 9.42. The molecule has 82 valence electrons. The molecule has 0 aromatic carbocycles. The third-order valence-electron chi connectivity index (χ3n) is 2.95. The summed E-state index contributed by atoms with van der Waals surface area (Å²) in [5, 5.41) is 3.36. The molecule has 16 heavy (non-hydrogen) atoms. The lowest BCUT2D eigenvalue weighted by Gasteiger charge is -2.24. The van der Waals surface area contributed by atoms with Gasteiger partial charge in [-0.25, -0.2) is 10.4 Å². The minimum atomic E-state index is 0.233. The van der Waals surface area contributed by atoms with Gasteiger partial charge in [0.2, 0.25) is 0 Å². The number of nitrogens with zero attached hydrogens (tertiary/aromatic N) is 1. The molecule has 0 spiro atoms. The van der Waals surface area contributed by atoms with Crippen molar-refractivity contribution in [3.63, 3.8) is 0 Å². The van der Waals surface area contributed by atoms with Crippen molar-refractivity contribution in [3.05, 3.63) is 47.5 Å². The minimum absolute atomic E-state index is 0.233. The molecule has 3 N–H and O–H groups in total. The van der Waals surface area contributed by atoms with Crippen LogP contribution < -0.4 is 16.2 Å². The lowest BCUT2D eigenvalue weighted by atomic mass is 9.97. The molecule has 0 radical (unpaired) electrons. The first-order chi connectivity index (χ1) is 7.84. The Kier molecular flexibility index (Phi) is 2.15. The molecule has 3 aliphatic rings. The maximum Gasteiger partial charge on any atom is 0.0872 e. The molecule has 0 saturated heterocycles. The molecule has 4 nitrogen and oxygen atoms in total. The first-order valence-electron chi connectivity index (χ1n) is 5.43. The van der Waals surface area contributed by atoms with Crippen LogP contribution in [0.2, 0.25) is 0 Å². The lowest BCUT2D eigenvalue weighted by Crippen LogP contribution is -2.36. The Balaban J connectivity index is 1.93. The highest BCUT2D eigenvalue weighted by atomic mass is 15.4. The van der Waals surface area contributed by atoms with Gasteiger partial charge < -0.3 is 10.7 Å². The van der Waals surface area contributed by atoms with Crippen molar-refractivity contribution in [2.75, 3.05) is 6.54 Å². The third kappa shape index (κ3) is 1.47. The summed E-state index contributed by atoms with van der Waals surface area (Å²) in [7, 11) is 0. The van der Waals surface area contributed by atoms with Gasteiger partial charge in [0.15, 0.2) is 0 Å². The van der Waals surface area contributed by atoms with E-state index in [2.05, 4.69) is 41.3 Å². The summed E-state index contributed by atoms with van der Waals surface area (Å²) in [6.07, 6.45) is 10.2. The topological polar surface area (TPSA) is 48.4 Å². The van der Waals surface area contributed by atoms with Gasteiger partial charge in [0.05, 0.1) is 17.5 Å². The Bertz CT molecular complexity index is 465. The van der Waals surface area contributed by atoms with E-state index in [0.29, 0.717) is 0 Å². The molecule has 0 fully saturated rings. The second-order valence-electron chi connectivity index (χ2n) is 4.07. The average Bonchev–Trinajstić information content (AvgIpc) is 2.83. The van der Waals surface area contributed by atoms with Gasteiger partial charge in [-0.05, 0) is 12.5 Å². The molecular formula is C12H14N4. The molecule has 2 aliphatic heterocycles. The smallest absolute Gasteiger partial charge is 0.0872 e. The summed E-state index contributed by atoms with van der Waals surface area (Å²) in [6, 6.07) is 0.233. The Morgan fingerprint density at radius 1 is 1.38 bits per heavy atom. The Hall–Kier alpha value is -1.81. The van der Waals surface area contributed by atoms with E-state index in [1.54, 1.807) is 0 Å². The van der Waals surface area contributed by atoms with E-state index >= 15 is 0 Å². The van der Waals surface area contributed by atoms with Crippen molar-refractivity contribution in [2.24, 2.45) is 4.99 Å². The fourth-order valence-electron chi connectivity index (χ4n) is 2.02. The van der Waals surface area contributed by atoms with Crippen LogP contribution in [0.3, 0.4) is 0 Å². The molecule has 0 aromatic heterocycles. The lowest BCUT2D eigenvalue weighted by molar-refractivity contribution is 0.721. The van der Waals surface area contributed by atoms with Gasteiger partial charge in [-0.3, -0.25) is 0 Å². The van der Waals surface area contributed by atoms with E-state index in [0.717, 1.165) is 18.0 Å². The molecule has 1 unspecified atom stereocenters. The van der Waals surface area contributed by atoms with Crippen LogP contribution in [0.4, 0.5) is 0 Å². The van der Waals surface area contributed by atoms with Crippen LogP contribution in [0.15, 0.2) is 52.5 Å². The Labute approximate surface area is 94.5 Å². The summed E-state index contributed by atoms with van der Waals surface area (Å²) in [4.78, 5) is 4.71. The second-order valence-corrected chi connectivity index (χ2v) is 4.07. The normalized spacial score (nSPS) is 26.9. The van der Waals surface area contributed by atoms with Crippen molar-refractivity contribution in [2.45, 2.75) is 13.0 Å². The van der Waals surface area contributed by atoms with Crippen molar-refractivity contribution in [1.82, 2.24) is 16.2 Å². The van der Waals surface area contributed by atoms with E-state index < -0.39 is 0 Å². The van der Waals surface area contributed by atoms with E-state index in [-0.39, 0.29) is 6.04 Å². The first-order valence-corrected chi connectivity index (χ1v) is 5.43. The number of rotatable bonds is 1. The van der Waals surface area contributed by atoms with Gasteiger partial charge in [-0.2, -0.15) is 0 Å². The fourth-order valence-corrected chi connectivity index (χ4v) is 2.02. The zero-order valence-electron chi connectivity index (χ0n) is 9.12. The minimum Gasteiger partial charge on any atom is -0.377 e. The number of hydrogen-bond acceptors (Lipinski definition) is 4. The van der Waals surface area contributed by atoms with Gasteiger partial charge in [-0.15, -0.1) is 0 Å². The Morgan fingerprint density at radius 2 is 2.31 bits per heavy atom. The predicted octanol–water partition coefficient (Wildman–Crippen LogP) is 0.748. The SMILES string of the molecule is CC1=CC=CC2NC=C(C3=CNNC3)N=C12. The van der Waals surface area contributed by atoms with Crippen LogP contribution in [-0.4, -0.2) is 18.3 Å². The summed E-state index contributed by atoms with van der Waals surface area (Å²) >= 11 is 0. The highest BCUT2D eigenvalue weighted by molar-refractivity contribution is 6.07. The largest absolute Gasteiger partial charge is 0.377 e. The number of hydrogen-bond donors (Lipinski definition) is 3. The molecule has 0 aromatic rings. The predicted molar refractivity (Wildman–Crippen MR) is 64.6 cm³/mol. The van der Waals surface area contributed by atoms with Crippen LogP contribution in [0.25, 0.3) is 0 Å². The Morgan fingerprint density at radius 3 is 3.12 bits per heavy atom. The molecule has 0 saturated carbocycles. The molecule has 2 heterocycles. The van der Waals surface area contributed by atoms with Gasteiger partial charge in [0.25, 0.3) is 0 Å². The number of aliphatic imine (C=N–C) groups is 1. The maximum atomic E-state index is 4.71. The van der Waals surface area contributed by atoms with Crippen LogP contribution in [0.5, 0.6) is 0 Å². The zero-order valence-corrected chi connectivity index (χ0v) is 9.12. The highest BCUT2D eigenvalue weighted by Crippen LogP contribution is 2.20. The summed E-state index contributed by atoms with van der Waals surface area (Å²) in [6.45, 7) is 2.91. The third-order valence-corrected chi connectivity index (χ3v) is 2.95. The number of hydrazine groups is 1. The molecule has 0 bridgehead atoms. The monoisotopic (exact) mass is 214 g/mol. The van der Waals surface area contributed by atoms with E-state index in [1.807, 2.05) is 12.4 Å². The van der Waals surface area contributed by atoms with Gasteiger partial charge >= 0.3 is 0 Å². The van der Waals surface area contributed by atoms with Crippen LogP contribution in [-0.2, 0) is 0 Å². The van der Waals surface area contributed by atoms with Gasteiger partial charge in [0, 0.05) is 24.5 Å². The van der Waals surface area contributed by atoms with Crippen LogP contribution >= 0.6 is 0 Å². The van der Waals surface area contributed by atoms with E-state index in [4.69, 9.17) is 4.99 Å². The summed E-state index contributed by atoms with van der Waals surface area (Å²) in [5.74, 6) is 0. The van der Waals surface area contributed by atoms with Crippen molar-refractivity contribution >= 4 is 5.71 Å².